The van der Waals surface area contributed by atoms with E-state index in [1.807, 2.05) is 37.3 Å². The largest absolute Gasteiger partial charge is 0.489 e. The number of amides is 2. The second-order valence-electron chi connectivity index (χ2n) is 9.99. The van der Waals surface area contributed by atoms with Gasteiger partial charge in [0.2, 0.25) is 5.91 Å². The molecular weight excluding hydrogens is 456 g/mol. The van der Waals surface area contributed by atoms with Crippen molar-refractivity contribution in [3.8, 4) is 5.75 Å². The smallest absolute Gasteiger partial charge is 0.251 e. The molecule has 2 heterocycles. The van der Waals surface area contributed by atoms with Crippen LogP contribution in [0.4, 0.5) is 0 Å². The van der Waals surface area contributed by atoms with Crippen LogP contribution in [0.3, 0.4) is 0 Å². The number of aryl methyl sites for hydroxylation is 1. The van der Waals surface area contributed by atoms with Crippen LogP contribution in [0.5, 0.6) is 5.75 Å². The van der Waals surface area contributed by atoms with Gasteiger partial charge in [0, 0.05) is 40.8 Å². The second kappa shape index (κ2) is 10.6. The Balaban J connectivity index is 1.42. The zero-order valence-corrected chi connectivity index (χ0v) is 21.2. The van der Waals surface area contributed by atoms with Crippen molar-refractivity contribution < 1.29 is 19.5 Å². The summed E-state index contributed by atoms with van der Waals surface area (Å²) >= 11 is 0. The first-order valence-electron chi connectivity index (χ1n) is 12.3. The summed E-state index contributed by atoms with van der Waals surface area (Å²) in [7, 11) is 0. The fourth-order valence-electron chi connectivity index (χ4n) is 4.65. The lowest BCUT2D eigenvalue weighted by molar-refractivity contribution is -0.133. The summed E-state index contributed by atoms with van der Waals surface area (Å²) in [5.74, 6) is -0.642. The molecule has 36 heavy (non-hydrogen) atoms. The highest BCUT2D eigenvalue weighted by Gasteiger charge is 2.43. The summed E-state index contributed by atoms with van der Waals surface area (Å²) in [6.45, 7) is 9.66. The van der Waals surface area contributed by atoms with Gasteiger partial charge in [-0.05, 0) is 63.6 Å². The van der Waals surface area contributed by atoms with Gasteiger partial charge in [-0.2, -0.15) is 0 Å². The lowest BCUT2D eigenvalue weighted by atomic mass is 10.00. The van der Waals surface area contributed by atoms with Crippen LogP contribution in [-0.4, -0.2) is 51.6 Å². The molecule has 2 amide bonds. The maximum Gasteiger partial charge on any atom is 0.251 e. The fourth-order valence-corrected chi connectivity index (χ4v) is 4.65. The van der Waals surface area contributed by atoms with E-state index in [2.05, 4.69) is 36.0 Å². The number of rotatable bonds is 8. The number of para-hydroxylation sites is 1. The molecule has 0 bridgehead atoms. The number of hydrogen-bond acceptors (Lipinski definition) is 6. The van der Waals surface area contributed by atoms with E-state index in [-0.39, 0.29) is 11.4 Å². The van der Waals surface area contributed by atoms with Gasteiger partial charge >= 0.3 is 0 Å². The first-order chi connectivity index (χ1) is 17.2. The Kier molecular flexibility index (Phi) is 7.56. The Bertz CT molecular complexity index is 1240. The Labute approximate surface area is 211 Å². The lowest BCUT2D eigenvalue weighted by Gasteiger charge is -2.34. The van der Waals surface area contributed by atoms with Gasteiger partial charge in [0.1, 0.15) is 12.4 Å². The molecule has 0 saturated carbocycles. The molecule has 1 saturated heterocycles. The molecule has 1 fully saturated rings. The van der Waals surface area contributed by atoms with E-state index < -0.39 is 17.9 Å². The molecular formula is C28H34N4O4. The minimum absolute atomic E-state index is 0.120. The summed E-state index contributed by atoms with van der Waals surface area (Å²) < 4.78 is 6.00. The fraction of sp³-hybridized carbons (Fsp3) is 0.393. The third-order valence-electron chi connectivity index (χ3n) is 7.25. The molecule has 1 aromatic heterocycles. The van der Waals surface area contributed by atoms with Gasteiger partial charge in [0.25, 0.3) is 5.91 Å². The molecule has 1 aliphatic rings. The van der Waals surface area contributed by atoms with Crippen molar-refractivity contribution in [2.75, 3.05) is 13.1 Å². The first kappa shape index (κ1) is 25.6. The summed E-state index contributed by atoms with van der Waals surface area (Å²) in [6, 6.07) is 16.5. The number of likely N-dealkylation sites (tertiary alicyclic amines) is 1. The average molecular weight is 491 g/mol. The van der Waals surface area contributed by atoms with E-state index >= 15 is 0 Å². The van der Waals surface area contributed by atoms with Crippen LogP contribution in [0, 0.1) is 12.8 Å². The van der Waals surface area contributed by atoms with Gasteiger partial charge in [0.05, 0.1) is 17.5 Å². The molecule has 4 rings (SSSR count). The van der Waals surface area contributed by atoms with Crippen LogP contribution < -0.4 is 15.5 Å². The molecule has 190 valence electrons. The van der Waals surface area contributed by atoms with Crippen LogP contribution in [0.25, 0.3) is 10.9 Å². The van der Waals surface area contributed by atoms with Gasteiger partial charge in [-0.1, -0.05) is 25.1 Å². The molecule has 2 aromatic carbocycles. The number of carbonyl (C=O) groups is 2. The Morgan fingerprint density at radius 3 is 2.56 bits per heavy atom. The molecule has 3 aromatic rings. The molecule has 3 N–H and O–H groups in total. The van der Waals surface area contributed by atoms with E-state index in [9.17, 15) is 14.8 Å². The Morgan fingerprint density at radius 2 is 1.86 bits per heavy atom. The highest BCUT2D eigenvalue weighted by Crippen LogP contribution is 2.28. The second-order valence-corrected chi connectivity index (χ2v) is 9.99. The highest BCUT2D eigenvalue weighted by molar-refractivity contribution is 5.95. The predicted molar refractivity (Wildman–Crippen MR) is 138 cm³/mol. The first-order valence-corrected chi connectivity index (χ1v) is 12.3. The number of aromatic nitrogens is 1. The molecule has 8 nitrogen and oxygen atoms in total. The van der Waals surface area contributed by atoms with Crippen LogP contribution in [0.2, 0.25) is 0 Å². The van der Waals surface area contributed by atoms with Crippen molar-refractivity contribution >= 4 is 22.7 Å². The molecule has 8 heteroatoms. The summed E-state index contributed by atoms with van der Waals surface area (Å²) in [4.78, 5) is 32.0. The van der Waals surface area contributed by atoms with Crippen molar-refractivity contribution in [3.05, 3.63) is 71.4 Å². The number of fused-ring (bicyclic) bond motifs is 1. The maximum atomic E-state index is 13.0. The quantitative estimate of drug-likeness (QED) is 0.327. The maximum absolute atomic E-state index is 13.0. The number of hydroxylamine groups is 1. The SMILES string of the molecule is CCC(C)(C)N1CC(NC(=O)c2ccc(OCc3cc(C)nc4ccccc34)cc2)C(C(=O)NO)C1. The van der Waals surface area contributed by atoms with E-state index in [0.29, 0.717) is 31.0 Å². The van der Waals surface area contributed by atoms with Crippen molar-refractivity contribution in [3.63, 3.8) is 0 Å². The van der Waals surface area contributed by atoms with Crippen molar-refractivity contribution in [1.29, 1.82) is 0 Å². The number of ether oxygens (including phenoxy) is 1. The Hall–Kier alpha value is -3.49. The van der Waals surface area contributed by atoms with Crippen LogP contribution in [0.15, 0.2) is 54.6 Å². The highest BCUT2D eigenvalue weighted by atomic mass is 16.5. The van der Waals surface area contributed by atoms with Gasteiger partial charge < -0.3 is 10.1 Å². The molecule has 0 aliphatic carbocycles. The number of carbonyl (C=O) groups excluding carboxylic acids is 2. The third-order valence-corrected chi connectivity index (χ3v) is 7.25. The van der Waals surface area contributed by atoms with E-state index in [0.717, 1.165) is 28.6 Å². The van der Waals surface area contributed by atoms with Gasteiger partial charge in [-0.15, -0.1) is 0 Å². The standard InChI is InChI=1S/C28H34N4O4/c1-5-28(3,4)32-15-23(27(34)31-35)25(16-32)30-26(33)19-10-12-21(13-11-19)36-17-20-14-18(2)29-24-9-7-6-8-22(20)24/h6-14,23,25,35H,5,15-17H2,1-4H3,(H,30,33)(H,31,34). The zero-order chi connectivity index (χ0) is 25.9. The van der Waals surface area contributed by atoms with Gasteiger partial charge in [-0.25, -0.2) is 5.48 Å². The molecule has 2 atom stereocenters. The minimum atomic E-state index is -0.536. The van der Waals surface area contributed by atoms with Crippen LogP contribution >= 0.6 is 0 Å². The van der Waals surface area contributed by atoms with Crippen molar-refractivity contribution in [2.24, 2.45) is 5.92 Å². The van der Waals surface area contributed by atoms with Gasteiger partial charge in [0.15, 0.2) is 0 Å². The van der Waals surface area contributed by atoms with E-state index in [4.69, 9.17) is 4.74 Å². The Morgan fingerprint density at radius 1 is 1.14 bits per heavy atom. The summed E-state index contributed by atoms with van der Waals surface area (Å²) in [5.41, 5.74) is 5.02. The number of benzene rings is 2. The van der Waals surface area contributed by atoms with Crippen LogP contribution in [0.1, 0.15) is 48.8 Å². The molecule has 2 unspecified atom stereocenters. The van der Waals surface area contributed by atoms with E-state index in [1.54, 1.807) is 29.7 Å². The van der Waals surface area contributed by atoms with E-state index in [1.165, 1.54) is 0 Å². The lowest BCUT2D eigenvalue weighted by Crippen LogP contribution is -2.46. The van der Waals surface area contributed by atoms with Gasteiger partial charge in [-0.3, -0.25) is 24.7 Å². The third kappa shape index (κ3) is 5.50. The monoisotopic (exact) mass is 490 g/mol. The number of nitrogens with one attached hydrogen (secondary N) is 2. The summed E-state index contributed by atoms with van der Waals surface area (Å²) in [5, 5.41) is 13.2. The number of pyridine rings is 1. The molecule has 1 aliphatic heterocycles. The van der Waals surface area contributed by atoms with Crippen LogP contribution in [-0.2, 0) is 11.4 Å². The number of hydrogen-bond donors (Lipinski definition) is 3. The molecule has 0 spiro atoms. The number of nitrogens with zero attached hydrogens (tertiary/aromatic N) is 2. The topological polar surface area (TPSA) is 104 Å². The normalized spacial score (nSPS) is 18.2. The predicted octanol–water partition coefficient (Wildman–Crippen LogP) is 3.85. The average Bonchev–Trinajstić information content (AvgIpc) is 3.31. The molecule has 0 radical (unpaired) electrons. The van der Waals surface area contributed by atoms with Crippen molar-refractivity contribution in [1.82, 2.24) is 20.7 Å². The summed E-state index contributed by atoms with van der Waals surface area (Å²) in [6.07, 6.45) is 0.900. The zero-order valence-electron chi connectivity index (χ0n) is 21.2. The minimum Gasteiger partial charge on any atom is -0.489 e. The van der Waals surface area contributed by atoms with Crippen molar-refractivity contribution in [2.45, 2.75) is 52.3 Å².